The molecule has 2 aromatic rings. The van der Waals surface area contributed by atoms with E-state index in [-0.39, 0.29) is 5.41 Å². The number of benzene rings is 2. The highest BCUT2D eigenvalue weighted by atomic mass is 79.9. The Morgan fingerprint density at radius 3 is 2.52 bits per heavy atom. The van der Waals surface area contributed by atoms with E-state index in [0.717, 1.165) is 48.2 Å². The molecule has 1 heterocycles. The summed E-state index contributed by atoms with van der Waals surface area (Å²) in [5.41, 5.74) is 0.201. The minimum absolute atomic E-state index is 0.201. The van der Waals surface area contributed by atoms with Gasteiger partial charge in [0.25, 0.3) is 0 Å². The second-order valence-corrected chi connectivity index (χ2v) is 7.16. The number of rotatable bonds is 4. The number of halogens is 2. The van der Waals surface area contributed by atoms with Crippen LogP contribution >= 0.6 is 31.9 Å². The second kappa shape index (κ2) is 6.67. The van der Waals surface area contributed by atoms with Crippen molar-refractivity contribution in [3.63, 3.8) is 0 Å². The zero-order valence-corrected chi connectivity index (χ0v) is 15.0. The zero-order chi connectivity index (χ0) is 14.7. The van der Waals surface area contributed by atoms with Crippen molar-refractivity contribution in [3.05, 3.63) is 40.9 Å². The maximum absolute atomic E-state index is 6.08. The van der Waals surface area contributed by atoms with Crippen LogP contribution in [-0.4, -0.2) is 25.2 Å². The third kappa shape index (κ3) is 3.61. The van der Waals surface area contributed by atoms with Gasteiger partial charge in [0.1, 0.15) is 5.75 Å². The molecule has 2 aromatic carbocycles. The van der Waals surface area contributed by atoms with Gasteiger partial charge in [0.2, 0.25) is 0 Å². The predicted molar refractivity (Wildman–Crippen MR) is 93.4 cm³/mol. The van der Waals surface area contributed by atoms with Crippen LogP contribution in [0.15, 0.2) is 40.9 Å². The molecule has 0 atom stereocenters. The minimum atomic E-state index is 0.201. The summed E-state index contributed by atoms with van der Waals surface area (Å²) in [7, 11) is 0. The smallest absolute Gasteiger partial charge is 0.119 e. The summed E-state index contributed by atoms with van der Waals surface area (Å²) in [4.78, 5) is 0. The third-order valence-corrected chi connectivity index (χ3v) is 5.84. The van der Waals surface area contributed by atoms with Crippen LogP contribution in [0.2, 0.25) is 0 Å². The standard InChI is InChI=1S/C17H18Br2O2/c18-11-17(5-7-20-8-6-17)12-21-16-4-2-13-9-15(19)3-1-14(13)10-16/h1-4,9-10H,5-8,11-12H2. The predicted octanol–water partition coefficient (Wildman–Crippen LogP) is 5.17. The first-order valence-corrected chi connectivity index (χ1v) is 9.08. The van der Waals surface area contributed by atoms with Crippen LogP contribution in [0.1, 0.15) is 12.8 Å². The van der Waals surface area contributed by atoms with Crippen molar-refractivity contribution in [1.82, 2.24) is 0 Å². The summed E-state index contributed by atoms with van der Waals surface area (Å²) in [6.45, 7) is 2.41. The Morgan fingerprint density at radius 2 is 1.76 bits per heavy atom. The molecule has 0 N–H and O–H groups in total. The highest BCUT2D eigenvalue weighted by Gasteiger charge is 2.32. The van der Waals surface area contributed by atoms with Gasteiger partial charge in [-0.2, -0.15) is 0 Å². The lowest BCUT2D eigenvalue weighted by molar-refractivity contribution is 0.00357. The Hall–Kier alpha value is -0.580. The fourth-order valence-corrected chi connectivity index (χ4v) is 3.74. The number of fused-ring (bicyclic) bond motifs is 1. The molecule has 1 aliphatic rings. The number of hydrogen-bond donors (Lipinski definition) is 0. The van der Waals surface area contributed by atoms with Gasteiger partial charge >= 0.3 is 0 Å². The SMILES string of the molecule is BrCC1(COc2ccc3cc(Br)ccc3c2)CCOCC1. The van der Waals surface area contributed by atoms with Crippen molar-refractivity contribution in [2.45, 2.75) is 12.8 Å². The van der Waals surface area contributed by atoms with Crippen molar-refractivity contribution in [1.29, 1.82) is 0 Å². The summed E-state index contributed by atoms with van der Waals surface area (Å²) < 4.78 is 12.6. The Kier molecular flexibility index (Phi) is 4.87. The average molecular weight is 414 g/mol. The first-order valence-electron chi connectivity index (χ1n) is 7.17. The Balaban J connectivity index is 1.74. The minimum Gasteiger partial charge on any atom is -0.493 e. The highest BCUT2D eigenvalue weighted by molar-refractivity contribution is 9.10. The molecule has 0 radical (unpaired) electrons. The van der Waals surface area contributed by atoms with E-state index in [0.29, 0.717) is 0 Å². The monoisotopic (exact) mass is 412 g/mol. The molecule has 1 saturated heterocycles. The van der Waals surface area contributed by atoms with Crippen LogP contribution in [0.25, 0.3) is 10.8 Å². The molecular formula is C17H18Br2O2. The van der Waals surface area contributed by atoms with Crippen LogP contribution in [0, 0.1) is 5.41 Å². The molecule has 0 amide bonds. The Bertz CT molecular complexity index is 621. The lowest BCUT2D eigenvalue weighted by Gasteiger charge is -2.35. The molecule has 0 aliphatic carbocycles. The van der Waals surface area contributed by atoms with E-state index in [1.165, 1.54) is 10.8 Å². The quantitative estimate of drug-likeness (QED) is 0.643. The van der Waals surface area contributed by atoms with E-state index in [1.807, 2.05) is 0 Å². The molecule has 0 bridgehead atoms. The van der Waals surface area contributed by atoms with Crippen LogP contribution in [-0.2, 0) is 4.74 Å². The van der Waals surface area contributed by atoms with Crippen molar-refractivity contribution < 1.29 is 9.47 Å². The molecule has 0 spiro atoms. The van der Waals surface area contributed by atoms with Gasteiger partial charge in [-0.05, 0) is 47.9 Å². The Morgan fingerprint density at radius 1 is 1.05 bits per heavy atom. The molecule has 2 nitrogen and oxygen atoms in total. The molecule has 0 aromatic heterocycles. The van der Waals surface area contributed by atoms with Gasteiger partial charge in [0.05, 0.1) is 6.61 Å². The summed E-state index contributed by atoms with van der Waals surface area (Å²) in [5, 5.41) is 3.39. The molecule has 0 saturated carbocycles. The van der Waals surface area contributed by atoms with Gasteiger partial charge in [-0.3, -0.25) is 0 Å². The van der Waals surface area contributed by atoms with Crippen molar-refractivity contribution >= 4 is 42.6 Å². The van der Waals surface area contributed by atoms with Crippen molar-refractivity contribution in [2.24, 2.45) is 5.41 Å². The summed E-state index contributed by atoms with van der Waals surface area (Å²) in [6, 6.07) is 12.6. The summed E-state index contributed by atoms with van der Waals surface area (Å²) in [6.07, 6.45) is 2.11. The molecule has 4 heteroatoms. The largest absolute Gasteiger partial charge is 0.493 e. The molecule has 1 aliphatic heterocycles. The van der Waals surface area contributed by atoms with Gasteiger partial charge in [-0.15, -0.1) is 0 Å². The third-order valence-electron chi connectivity index (χ3n) is 4.16. The van der Waals surface area contributed by atoms with Gasteiger partial charge < -0.3 is 9.47 Å². The van der Waals surface area contributed by atoms with Crippen LogP contribution in [0.3, 0.4) is 0 Å². The van der Waals surface area contributed by atoms with E-state index in [2.05, 4.69) is 68.3 Å². The molecule has 21 heavy (non-hydrogen) atoms. The van der Waals surface area contributed by atoms with Gasteiger partial charge in [0.15, 0.2) is 0 Å². The Labute approximate surface area is 142 Å². The van der Waals surface area contributed by atoms with E-state index < -0.39 is 0 Å². The van der Waals surface area contributed by atoms with E-state index in [1.54, 1.807) is 0 Å². The molecule has 112 valence electrons. The zero-order valence-electron chi connectivity index (χ0n) is 11.8. The lowest BCUT2D eigenvalue weighted by atomic mass is 9.83. The normalized spacial score (nSPS) is 17.8. The lowest BCUT2D eigenvalue weighted by Crippen LogP contribution is -2.36. The van der Waals surface area contributed by atoms with Crippen molar-refractivity contribution in [2.75, 3.05) is 25.2 Å². The first kappa shape index (κ1) is 15.3. The fourth-order valence-electron chi connectivity index (χ4n) is 2.64. The maximum atomic E-state index is 6.08. The highest BCUT2D eigenvalue weighted by Crippen LogP contribution is 2.34. The van der Waals surface area contributed by atoms with Gasteiger partial charge in [0, 0.05) is 28.4 Å². The average Bonchev–Trinajstić information content (AvgIpc) is 2.54. The van der Waals surface area contributed by atoms with E-state index in [4.69, 9.17) is 9.47 Å². The molecule has 0 unspecified atom stereocenters. The summed E-state index contributed by atoms with van der Waals surface area (Å²) >= 11 is 7.15. The second-order valence-electron chi connectivity index (χ2n) is 5.69. The van der Waals surface area contributed by atoms with Crippen molar-refractivity contribution in [3.8, 4) is 5.75 Å². The maximum Gasteiger partial charge on any atom is 0.119 e. The van der Waals surface area contributed by atoms with E-state index >= 15 is 0 Å². The number of alkyl halides is 1. The topological polar surface area (TPSA) is 18.5 Å². The number of hydrogen-bond acceptors (Lipinski definition) is 2. The molecule has 1 fully saturated rings. The van der Waals surface area contributed by atoms with Crippen LogP contribution in [0.5, 0.6) is 5.75 Å². The first-order chi connectivity index (χ1) is 10.2. The number of ether oxygens (including phenoxy) is 2. The van der Waals surface area contributed by atoms with Crippen LogP contribution in [0.4, 0.5) is 0 Å². The van der Waals surface area contributed by atoms with Gasteiger partial charge in [-0.1, -0.05) is 44.0 Å². The van der Waals surface area contributed by atoms with E-state index in [9.17, 15) is 0 Å². The van der Waals surface area contributed by atoms with Gasteiger partial charge in [-0.25, -0.2) is 0 Å². The molecule has 3 rings (SSSR count). The molecular weight excluding hydrogens is 396 g/mol. The summed E-state index contributed by atoms with van der Waals surface area (Å²) in [5.74, 6) is 0.941. The van der Waals surface area contributed by atoms with Crippen LogP contribution < -0.4 is 4.74 Å². The fraction of sp³-hybridized carbons (Fsp3) is 0.412.